The molecule has 5 nitrogen and oxygen atoms in total. The first-order chi connectivity index (χ1) is 16.8. The quantitative estimate of drug-likeness (QED) is 0.462. The lowest BCUT2D eigenvalue weighted by atomic mass is 9.94. The van der Waals surface area contributed by atoms with Crippen LogP contribution in [0.15, 0.2) is 41.8 Å². The summed E-state index contributed by atoms with van der Waals surface area (Å²) in [5, 5.41) is 1.78. The van der Waals surface area contributed by atoms with E-state index in [9.17, 15) is 22.8 Å². The van der Waals surface area contributed by atoms with E-state index in [1.807, 2.05) is 0 Å². The number of thiophene rings is 1. The smallest absolute Gasteiger partial charge is 0.338 e. The number of amides is 2. The zero-order valence-corrected chi connectivity index (χ0v) is 20.9. The molecule has 1 atom stereocenters. The van der Waals surface area contributed by atoms with Gasteiger partial charge in [0.05, 0.1) is 5.56 Å². The molecule has 2 heterocycles. The van der Waals surface area contributed by atoms with Crippen molar-refractivity contribution in [3.63, 3.8) is 0 Å². The maximum Gasteiger partial charge on any atom is 0.416 e. The van der Waals surface area contributed by atoms with Gasteiger partial charge in [-0.15, -0.1) is 22.9 Å². The highest BCUT2D eigenvalue weighted by atomic mass is 35.5. The molecule has 1 aromatic heterocycles. The molecule has 4 rings (SSSR count). The van der Waals surface area contributed by atoms with Crippen LogP contribution in [0.1, 0.15) is 48.6 Å². The molecule has 190 valence electrons. The number of rotatable bonds is 6. The SMILES string of the molecule is O=C(C(c1cccs1)N(C(=O)CCl)c1cccc(C(F)(F)F)c1)N1CCN(C2CCCCC2)CC1. The van der Waals surface area contributed by atoms with Crippen LogP contribution >= 0.6 is 22.9 Å². The van der Waals surface area contributed by atoms with Crippen molar-refractivity contribution in [1.29, 1.82) is 0 Å². The minimum atomic E-state index is -4.58. The van der Waals surface area contributed by atoms with Crippen LogP contribution in [-0.2, 0) is 15.8 Å². The van der Waals surface area contributed by atoms with Gasteiger partial charge in [-0.05, 0) is 42.5 Å². The van der Waals surface area contributed by atoms with Gasteiger partial charge in [-0.2, -0.15) is 13.2 Å². The van der Waals surface area contributed by atoms with E-state index in [1.165, 1.54) is 55.6 Å². The van der Waals surface area contributed by atoms with Gasteiger partial charge in [0, 0.05) is 42.8 Å². The Hall–Kier alpha value is -2.10. The Bertz CT molecular complexity index is 1000. The molecule has 1 aliphatic carbocycles. The number of hydrogen-bond acceptors (Lipinski definition) is 4. The van der Waals surface area contributed by atoms with Gasteiger partial charge < -0.3 is 4.90 Å². The van der Waals surface area contributed by atoms with Gasteiger partial charge in [-0.1, -0.05) is 31.4 Å². The third-order valence-electron chi connectivity index (χ3n) is 6.86. The van der Waals surface area contributed by atoms with Crippen molar-refractivity contribution in [2.24, 2.45) is 0 Å². The van der Waals surface area contributed by atoms with Crippen molar-refractivity contribution in [3.8, 4) is 0 Å². The van der Waals surface area contributed by atoms with Crippen LogP contribution in [0, 0.1) is 0 Å². The molecule has 10 heteroatoms. The minimum absolute atomic E-state index is 0.00179. The number of benzene rings is 1. The number of piperazine rings is 1. The molecule has 0 radical (unpaired) electrons. The first kappa shape index (κ1) is 26.0. The molecule has 1 aromatic carbocycles. The summed E-state index contributed by atoms with van der Waals surface area (Å²) in [7, 11) is 0. The Morgan fingerprint density at radius 3 is 2.37 bits per heavy atom. The highest BCUT2D eigenvalue weighted by Gasteiger charge is 2.39. The summed E-state index contributed by atoms with van der Waals surface area (Å²) in [6.07, 6.45) is 1.52. The average Bonchev–Trinajstić information content (AvgIpc) is 3.41. The molecule has 1 saturated heterocycles. The van der Waals surface area contributed by atoms with E-state index in [-0.39, 0.29) is 11.6 Å². The van der Waals surface area contributed by atoms with E-state index in [1.54, 1.807) is 22.4 Å². The Kier molecular flexibility index (Phi) is 8.39. The van der Waals surface area contributed by atoms with Gasteiger partial charge >= 0.3 is 6.18 Å². The van der Waals surface area contributed by atoms with E-state index in [0.29, 0.717) is 24.0 Å². The number of carbonyl (C=O) groups excluding carboxylic acids is 2. The Balaban J connectivity index is 1.61. The van der Waals surface area contributed by atoms with E-state index < -0.39 is 29.6 Å². The molecule has 0 N–H and O–H groups in total. The van der Waals surface area contributed by atoms with Crippen molar-refractivity contribution in [2.75, 3.05) is 37.0 Å². The number of alkyl halides is 4. The highest BCUT2D eigenvalue weighted by molar-refractivity contribution is 7.10. The number of carbonyl (C=O) groups is 2. The lowest BCUT2D eigenvalue weighted by molar-refractivity contribution is -0.137. The molecular weight excluding hydrogens is 499 g/mol. The predicted molar refractivity (Wildman–Crippen MR) is 132 cm³/mol. The number of anilines is 1. The lowest BCUT2D eigenvalue weighted by Gasteiger charge is -2.42. The Morgan fingerprint density at radius 1 is 1.06 bits per heavy atom. The summed E-state index contributed by atoms with van der Waals surface area (Å²) >= 11 is 7.18. The zero-order valence-electron chi connectivity index (χ0n) is 19.3. The molecule has 2 amide bonds. The summed E-state index contributed by atoms with van der Waals surface area (Å²) in [6, 6.07) is 7.46. The van der Waals surface area contributed by atoms with Gasteiger partial charge in [0.25, 0.3) is 5.91 Å². The van der Waals surface area contributed by atoms with Crippen molar-refractivity contribution in [3.05, 3.63) is 52.2 Å². The molecular formula is C25H29ClF3N3O2S. The fourth-order valence-corrected chi connectivity index (χ4v) is 6.00. The van der Waals surface area contributed by atoms with Crippen molar-refractivity contribution in [1.82, 2.24) is 9.80 Å². The van der Waals surface area contributed by atoms with Crippen LogP contribution in [-0.4, -0.2) is 59.7 Å². The van der Waals surface area contributed by atoms with Gasteiger partial charge in [0.2, 0.25) is 5.91 Å². The molecule has 1 unspecified atom stereocenters. The van der Waals surface area contributed by atoms with E-state index in [2.05, 4.69) is 4.90 Å². The molecule has 1 aliphatic heterocycles. The van der Waals surface area contributed by atoms with Gasteiger partial charge in [-0.25, -0.2) is 0 Å². The number of nitrogens with zero attached hydrogens (tertiary/aromatic N) is 3. The largest absolute Gasteiger partial charge is 0.416 e. The predicted octanol–water partition coefficient (Wildman–Crippen LogP) is 5.56. The highest BCUT2D eigenvalue weighted by Crippen LogP contribution is 2.36. The van der Waals surface area contributed by atoms with Crippen molar-refractivity contribution in [2.45, 2.75) is 50.4 Å². The van der Waals surface area contributed by atoms with Gasteiger partial charge in [0.1, 0.15) is 11.9 Å². The lowest BCUT2D eigenvalue weighted by Crippen LogP contribution is -2.55. The Morgan fingerprint density at radius 2 is 1.77 bits per heavy atom. The van der Waals surface area contributed by atoms with Gasteiger partial charge in [0.15, 0.2) is 0 Å². The third kappa shape index (κ3) is 6.01. The summed E-state index contributed by atoms with van der Waals surface area (Å²) in [5.41, 5.74) is -0.890. The number of halogens is 4. The van der Waals surface area contributed by atoms with E-state index >= 15 is 0 Å². The van der Waals surface area contributed by atoms with Crippen molar-refractivity contribution >= 4 is 40.4 Å². The monoisotopic (exact) mass is 527 g/mol. The molecule has 35 heavy (non-hydrogen) atoms. The summed E-state index contributed by atoms with van der Waals surface area (Å²) in [6.45, 7) is 2.53. The maximum atomic E-state index is 13.9. The van der Waals surface area contributed by atoms with Crippen molar-refractivity contribution < 1.29 is 22.8 Å². The molecule has 2 aromatic rings. The van der Waals surface area contributed by atoms with Gasteiger partial charge in [-0.3, -0.25) is 19.4 Å². The fourth-order valence-electron chi connectivity index (χ4n) is 5.07. The maximum absolute atomic E-state index is 13.9. The van der Waals surface area contributed by atoms with Crippen LogP contribution in [0.25, 0.3) is 0 Å². The normalized spacial score (nSPS) is 18.9. The van der Waals surface area contributed by atoms with Crippen LogP contribution in [0.4, 0.5) is 18.9 Å². The molecule has 0 spiro atoms. The first-order valence-electron chi connectivity index (χ1n) is 11.9. The second-order valence-electron chi connectivity index (χ2n) is 9.02. The standard InChI is InChI=1S/C25H29ClF3N3O2S/c26-17-22(33)32(20-9-4-6-18(16-20)25(27,28)29)23(21-10-5-15-35-21)24(34)31-13-11-30(12-14-31)19-7-2-1-3-8-19/h4-6,9-10,15-16,19,23H,1-3,7-8,11-14,17H2. The van der Waals surface area contributed by atoms with Crippen LogP contribution < -0.4 is 4.90 Å². The van der Waals surface area contributed by atoms with Crippen LogP contribution in [0.5, 0.6) is 0 Å². The minimum Gasteiger partial charge on any atom is -0.338 e. The van der Waals surface area contributed by atoms with E-state index in [4.69, 9.17) is 11.6 Å². The summed E-state index contributed by atoms with van der Waals surface area (Å²) < 4.78 is 40.3. The summed E-state index contributed by atoms with van der Waals surface area (Å²) in [5.74, 6) is -1.38. The van der Waals surface area contributed by atoms with Crippen LogP contribution in [0.2, 0.25) is 0 Å². The fraction of sp³-hybridized carbons (Fsp3) is 0.520. The topological polar surface area (TPSA) is 43.9 Å². The molecule has 1 saturated carbocycles. The molecule has 2 aliphatic rings. The second kappa shape index (κ2) is 11.3. The van der Waals surface area contributed by atoms with E-state index in [0.717, 1.165) is 30.1 Å². The summed E-state index contributed by atoms with van der Waals surface area (Å²) in [4.78, 5) is 32.7. The zero-order chi connectivity index (χ0) is 25.0. The first-order valence-corrected chi connectivity index (χ1v) is 13.3. The molecule has 0 bridgehead atoms. The second-order valence-corrected chi connectivity index (χ2v) is 10.3. The third-order valence-corrected chi connectivity index (χ3v) is 8.01. The number of hydrogen-bond donors (Lipinski definition) is 0. The van der Waals surface area contributed by atoms with Crippen LogP contribution in [0.3, 0.4) is 0 Å². The Labute approximate surface area is 212 Å². The molecule has 2 fully saturated rings. The average molecular weight is 528 g/mol.